The fourth-order valence-corrected chi connectivity index (χ4v) is 5.54. The predicted octanol–water partition coefficient (Wildman–Crippen LogP) is 5.25. The number of thiophene rings is 1. The molecule has 1 atom stereocenters. The van der Waals surface area contributed by atoms with E-state index in [1.807, 2.05) is 24.3 Å². The largest absolute Gasteiger partial charge is 0.383 e. The number of ketones is 1. The topological polar surface area (TPSA) is 78.1 Å². The third-order valence-electron chi connectivity index (χ3n) is 4.73. The number of carbonyl (C=O) groups excluding carboxylic acids is 1. The first kappa shape index (κ1) is 19.8. The van der Waals surface area contributed by atoms with Gasteiger partial charge in [0.15, 0.2) is 10.9 Å². The van der Waals surface area contributed by atoms with Crippen molar-refractivity contribution in [3.05, 3.63) is 44.7 Å². The van der Waals surface area contributed by atoms with E-state index in [9.17, 15) is 4.79 Å². The smallest absolute Gasteiger partial charge is 0.191 e. The minimum absolute atomic E-state index is 0.0426. The molecular formula is C20H20BrN3O2S2. The lowest BCUT2D eigenvalue weighted by molar-refractivity contribution is 0.0254. The van der Waals surface area contributed by atoms with Crippen molar-refractivity contribution < 1.29 is 9.53 Å². The van der Waals surface area contributed by atoms with E-state index in [4.69, 9.17) is 10.5 Å². The molecule has 3 heterocycles. The second-order valence-corrected chi connectivity index (χ2v) is 9.66. The zero-order valence-electron chi connectivity index (χ0n) is 15.4. The van der Waals surface area contributed by atoms with Crippen LogP contribution in [0.5, 0.6) is 0 Å². The van der Waals surface area contributed by atoms with Crippen LogP contribution in [0.15, 0.2) is 33.9 Å². The molecule has 0 fully saturated rings. The summed E-state index contributed by atoms with van der Waals surface area (Å²) in [4.78, 5) is 23.6. The van der Waals surface area contributed by atoms with Crippen LogP contribution >= 0.6 is 39.0 Å². The van der Waals surface area contributed by atoms with Gasteiger partial charge in [-0.3, -0.25) is 4.79 Å². The van der Waals surface area contributed by atoms with Crippen molar-refractivity contribution in [3.8, 4) is 0 Å². The van der Waals surface area contributed by atoms with Crippen LogP contribution in [0, 0.1) is 0 Å². The number of hydrogen-bond donors (Lipinski definition) is 1. The molecule has 8 heteroatoms. The van der Waals surface area contributed by atoms with Crippen LogP contribution in [0.4, 0.5) is 5.82 Å². The summed E-state index contributed by atoms with van der Waals surface area (Å²) >= 11 is 6.32. The van der Waals surface area contributed by atoms with E-state index in [0.717, 1.165) is 34.0 Å². The van der Waals surface area contributed by atoms with Crippen molar-refractivity contribution in [1.29, 1.82) is 0 Å². The Morgan fingerprint density at radius 2 is 2.14 bits per heavy atom. The quantitative estimate of drug-likeness (QED) is 0.296. The number of nitrogens with two attached hydrogens (primary N) is 1. The third kappa shape index (κ3) is 4.10. The highest BCUT2D eigenvalue weighted by Gasteiger charge is 2.25. The molecule has 5 nitrogen and oxygen atoms in total. The molecule has 0 unspecified atom stereocenters. The van der Waals surface area contributed by atoms with E-state index in [1.165, 1.54) is 22.2 Å². The number of aromatic nitrogens is 2. The molecule has 2 N–H and O–H groups in total. The number of rotatable bonds is 6. The van der Waals surface area contributed by atoms with Gasteiger partial charge in [0.25, 0.3) is 0 Å². The molecule has 146 valence electrons. The van der Waals surface area contributed by atoms with Crippen LogP contribution in [0.2, 0.25) is 0 Å². The summed E-state index contributed by atoms with van der Waals surface area (Å²) < 4.78 is 6.90. The van der Waals surface area contributed by atoms with Crippen LogP contribution in [-0.4, -0.2) is 27.6 Å². The first-order valence-corrected chi connectivity index (χ1v) is 11.8. The maximum atomic E-state index is 12.4. The number of Topliss-reactive ketones (excluding diaryl/α,β-unsaturated/α-hetero) is 1. The zero-order chi connectivity index (χ0) is 19.7. The third-order valence-corrected chi connectivity index (χ3v) is 7.21. The molecule has 0 radical (unpaired) electrons. The Bertz CT molecular complexity index is 1020. The van der Waals surface area contributed by atoms with Gasteiger partial charge in [0.2, 0.25) is 0 Å². The highest BCUT2D eigenvalue weighted by Crippen LogP contribution is 2.39. The van der Waals surface area contributed by atoms with Gasteiger partial charge in [0.1, 0.15) is 10.6 Å². The van der Waals surface area contributed by atoms with Crippen LogP contribution < -0.4 is 5.73 Å². The number of thioether (sulfide) groups is 1. The van der Waals surface area contributed by atoms with Crippen LogP contribution in [0.3, 0.4) is 0 Å². The van der Waals surface area contributed by atoms with E-state index < -0.39 is 0 Å². The van der Waals surface area contributed by atoms with Gasteiger partial charge < -0.3 is 10.5 Å². The van der Waals surface area contributed by atoms with Crippen molar-refractivity contribution >= 4 is 60.8 Å². The lowest BCUT2D eigenvalue weighted by atomic mass is 10.0. The molecule has 4 rings (SSSR count). The number of carbonyl (C=O) groups is 1. The number of fused-ring (bicyclic) bond motifs is 3. The Morgan fingerprint density at radius 1 is 1.36 bits per heavy atom. The highest BCUT2D eigenvalue weighted by atomic mass is 79.9. The molecule has 0 amide bonds. The van der Waals surface area contributed by atoms with Crippen molar-refractivity contribution in [2.45, 2.75) is 44.1 Å². The number of anilines is 1. The summed E-state index contributed by atoms with van der Waals surface area (Å²) in [6.45, 7) is 2.78. The fourth-order valence-electron chi connectivity index (χ4n) is 3.35. The summed E-state index contributed by atoms with van der Waals surface area (Å²) in [5.74, 6) is 0.818. The Kier molecular flexibility index (Phi) is 6.01. The number of nitrogens with zero attached hydrogens (tertiary/aromatic N) is 2. The Balaban J connectivity index is 1.53. The van der Waals surface area contributed by atoms with E-state index in [2.05, 4.69) is 32.8 Å². The minimum Gasteiger partial charge on any atom is -0.383 e. The standard InChI is InChI=1S/C20H20BrN3O2S2/c1-2-3-13-8-14-16(9-26-13)28-19-17(14)18(22)23-20(24-19)27-10-15(25)11-4-6-12(21)7-5-11/h4-7,13H,2-3,8-10H2,1H3,(H2,22,23,24)/t13-/m1/s1. The second-order valence-electron chi connectivity index (χ2n) is 6.72. The second kappa shape index (κ2) is 8.49. The van der Waals surface area contributed by atoms with Gasteiger partial charge in [-0.1, -0.05) is 53.2 Å². The van der Waals surface area contributed by atoms with Crippen molar-refractivity contribution in [1.82, 2.24) is 9.97 Å². The molecule has 1 aliphatic rings. The van der Waals surface area contributed by atoms with Gasteiger partial charge in [0, 0.05) is 21.3 Å². The van der Waals surface area contributed by atoms with Gasteiger partial charge in [-0.25, -0.2) is 9.97 Å². The number of halogens is 1. The molecule has 28 heavy (non-hydrogen) atoms. The molecule has 0 saturated heterocycles. The average Bonchev–Trinajstić information content (AvgIpc) is 3.05. The fraction of sp³-hybridized carbons (Fsp3) is 0.350. The van der Waals surface area contributed by atoms with Crippen LogP contribution in [0.25, 0.3) is 10.2 Å². The van der Waals surface area contributed by atoms with Gasteiger partial charge in [-0.05, 0) is 24.1 Å². The molecule has 1 aliphatic heterocycles. The summed E-state index contributed by atoms with van der Waals surface area (Å²) in [5, 5.41) is 1.51. The van der Waals surface area contributed by atoms with Crippen molar-refractivity contribution in [2.75, 3.05) is 11.5 Å². The minimum atomic E-state index is 0.0426. The lowest BCUT2D eigenvalue weighted by Gasteiger charge is -2.22. The summed E-state index contributed by atoms with van der Waals surface area (Å²) in [6, 6.07) is 7.35. The summed E-state index contributed by atoms with van der Waals surface area (Å²) in [6.07, 6.45) is 3.25. The predicted molar refractivity (Wildman–Crippen MR) is 118 cm³/mol. The Hall–Kier alpha value is -1.48. The first-order chi connectivity index (χ1) is 13.5. The molecule has 0 aliphatic carbocycles. The van der Waals surface area contributed by atoms with Crippen LogP contribution in [-0.2, 0) is 17.8 Å². The highest BCUT2D eigenvalue weighted by molar-refractivity contribution is 9.10. The molecular weight excluding hydrogens is 458 g/mol. The Morgan fingerprint density at radius 3 is 2.89 bits per heavy atom. The van der Waals surface area contributed by atoms with E-state index in [0.29, 0.717) is 23.1 Å². The van der Waals surface area contributed by atoms with E-state index >= 15 is 0 Å². The SMILES string of the molecule is CCC[C@@H]1Cc2c(sc3nc(SCC(=O)c4ccc(Br)cc4)nc(N)c23)CO1. The number of benzene rings is 1. The van der Waals surface area contributed by atoms with Gasteiger partial charge >= 0.3 is 0 Å². The van der Waals surface area contributed by atoms with E-state index in [1.54, 1.807) is 11.3 Å². The molecule has 0 bridgehead atoms. The molecule has 1 aromatic carbocycles. The van der Waals surface area contributed by atoms with E-state index in [-0.39, 0.29) is 17.6 Å². The van der Waals surface area contributed by atoms with Gasteiger partial charge in [-0.2, -0.15) is 0 Å². The average molecular weight is 478 g/mol. The van der Waals surface area contributed by atoms with Gasteiger partial charge in [0.05, 0.1) is 23.8 Å². The zero-order valence-corrected chi connectivity index (χ0v) is 18.6. The monoisotopic (exact) mass is 477 g/mol. The normalized spacial score (nSPS) is 16.3. The summed E-state index contributed by atoms with van der Waals surface area (Å²) in [7, 11) is 0. The number of nitrogen functional groups attached to an aromatic ring is 1. The number of hydrogen-bond acceptors (Lipinski definition) is 7. The van der Waals surface area contributed by atoms with Gasteiger partial charge in [-0.15, -0.1) is 11.3 Å². The maximum Gasteiger partial charge on any atom is 0.191 e. The molecule has 3 aromatic rings. The molecule has 0 spiro atoms. The maximum absolute atomic E-state index is 12.4. The molecule has 0 saturated carbocycles. The number of ether oxygens (including phenoxy) is 1. The Labute approximate surface area is 180 Å². The molecule has 2 aromatic heterocycles. The van der Waals surface area contributed by atoms with Crippen LogP contribution in [0.1, 0.15) is 40.6 Å². The van der Waals surface area contributed by atoms with Crippen molar-refractivity contribution in [2.24, 2.45) is 0 Å². The summed E-state index contributed by atoms with van der Waals surface area (Å²) in [5.41, 5.74) is 8.21. The van der Waals surface area contributed by atoms with Crippen molar-refractivity contribution in [3.63, 3.8) is 0 Å². The first-order valence-electron chi connectivity index (χ1n) is 9.16. The lowest BCUT2D eigenvalue weighted by Crippen LogP contribution is -2.21.